The van der Waals surface area contributed by atoms with Gasteiger partial charge >= 0.3 is 0 Å². The normalized spacial score (nSPS) is 30.5. The predicted octanol–water partition coefficient (Wildman–Crippen LogP) is 1.09. The van der Waals surface area contributed by atoms with E-state index < -0.39 is 10.0 Å². The Morgan fingerprint density at radius 3 is 2.55 bits per heavy atom. The first-order valence-corrected chi connectivity index (χ1v) is 8.48. The molecule has 2 unspecified atom stereocenters. The van der Waals surface area contributed by atoms with Gasteiger partial charge in [-0.3, -0.25) is 0 Å². The van der Waals surface area contributed by atoms with Crippen molar-refractivity contribution in [1.29, 1.82) is 0 Å². The number of halogens is 1. The number of fused-ring (bicyclic) bond motifs is 2. The summed E-state index contributed by atoms with van der Waals surface area (Å²) in [4.78, 5) is 0.436. The molecule has 1 aromatic carbocycles. The zero-order valence-electron chi connectivity index (χ0n) is 11.1. The summed E-state index contributed by atoms with van der Waals surface area (Å²) >= 11 is 0. The fourth-order valence-electron chi connectivity index (χ4n) is 3.56. The number of hydrogen-bond acceptors (Lipinski definition) is 3. The first-order chi connectivity index (χ1) is 9.15. The molecule has 1 aliphatic heterocycles. The Balaban J connectivity index is 0.00000121. The van der Waals surface area contributed by atoms with Gasteiger partial charge in [0.1, 0.15) is 0 Å². The molecule has 6 heteroatoms. The molecular weight excluding hydrogens is 296 g/mol. The largest absolute Gasteiger partial charge is 0.316 e. The highest BCUT2D eigenvalue weighted by molar-refractivity contribution is 7.89. The van der Waals surface area contributed by atoms with E-state index in [-0.39, 0.29) is 18.4 Å². The Bertz CT molecular complexity index is 622. The molecule has 0 spiro atoms. The lowest BCUT2D eigenvalue weighted by atomic mass is 10.1. The zero-order chi connectivity index (χ0) is 13.0. The van der Waals surface area contributed by atoms with Gasteiger partial charge in [-0.15, -0.1) is 12.4 Å². The van der Waals surface area contributed by atoms with E-state index in [1.165, 1.54) is 11.1 Å². The lowest BCUT2D eigenvalue weighted by molar-refractivity contribution is 0.565. The standard InChI is InChI=1S/C14H18N2O2S.ClH/c17-19(18,16-14-12-7-15-8-13(12)14)11-5-4-9-2-1-3-10(9)6-11;/h4-6,12-16H,1-3,7-8H2;1H. The summed E-state index contributed by atoms with van der Waals surface area (Å²) in [6, 6.07) is 5.75. The van der Waals surface area contributed by atoms with Crippen molar-refractivity contribution in [1.82, 2.24) is 10.0 Å². The summed E-state index contributed by atoms with van der Waals surface area (Å²) < 4.78 is 27.6. The highest BCUT2D eigenvalue weighted by atomic mass is 35.5. The highest BCUT2D eigenvalue weighted by Crippen LogP contribution is 2.42. The van der Waals surface area contributed by atoms with Crippen molar-refractivity contribution in [3.8, 4) is 0 Å². The van der Waals surface area contributed by atoms with E-state index in [1.54, 1.807) is 6.07 Å². The molecule has 0 radical (unpaired) electrons. The monoisotopic (exact) mass is 314 g/mol. The van der Waals surface area contributed by atoms with Crippen LogP contribution in [0.4, 0.5) is 0 Å². The minimum Gasteiger partial charge on any atom is -0.316 e. The molecule has 0 bridgehead atoms. The molecule has 1 aromatic rings. The third kappa shape index (κ3) is 2.26. The molecule has 1 saturated carbocycles. The van der Waals surface area contributed by atoms with E-state index in [9.17, 15) is 8.42 Å². The van der Waals surface area contributed by atoms with Gasteiger partial charge in [-0.25, -0.2) is 13.1 Å². The fourth-order valence-corrected chi connectivity index (χ4v) is 4.94. The molecule has 2 N–H and O–H groups in total. The summed E-state index contributed by atoms with van der Waals surface area (Å²) in [5, 5.41) is 3.28. The van der Waals surface area contributed by atoms with Gasteiger partial charge in [-0.05, 0) is 67.4 Å². The molecule has 0 aromatic heterocycles. The third-order valence-corrected chi connectivity index (χ3v) is 6.22. The van der Waals surface area contributed by atoms with Crippen LogP contribution in [-0.2, 0) is 22.9 Å². The maximum atomic E-state index is 12.4. The van der Waals surface area contributed by atoms with E-state index in [4.69, 9.17) is 0 Å². The van der Waals surface area contributed by atoms with Gasteiger partial charge in [0.15, 0.2) is 0 Å². The van der Waals surface area contributed by atoms with Gasteiger partial charge in [0.25, 0.3) is 0 Å². The van der Waals surface area contributed by atoms with E-state index in [0.29, 0.717) is 16.7 Å². The van der Waals surface area contributed by atoms with Crippen LogP contribution in [0.1, 0.15) is 17.5 Å². The molecule has 110 valence electrons. The van der Waals surface area contributed by atoms with Crippen molar-refractivity contribution in [3.05, 3.63) is 29.3 Å². The maximum absolute atomic E-state index is 12.4. The van der Waals surface area contributed by atoms with Crippen molar-refractivity contribution < 1.29 is 8.42 Å². The molecule has 0 amide bonds. The lowest BCUT2D eigenvalue weighted by Gasteiger charge is -2.10. The van der Waals surface area contributed by atoms with Gasteiger partial charge in [-0.2, -0.15) is 0 Å². The van der Waals surface area contributed by atoms with Crippen LogP contribution in [0.2, 0.25) is 0 Å². The summed E-state index contributed by atoms with van der Waals surface area (Å²) in [5.41, 5.74) is 2.52. The summed E-state index contributed by atoms with van der Waals surface area (Å²) in [6.45, 7) is 1.89. The summed E-state index contributed by atoms with van der Waals surface area (Å²) in [7, 11) is -3.34. The highest BCUT2D eigenvalue weighted by Gasteiger charge is 2.54. The van der Waals surface area contributed by atoms with Crippen LogP contribution in [0.3, 0.4) is 0 Å². The summed E-state index contributed by atoms with van der Waals surface area (Å²) in [6.07, 6.45) is 3.24. The lowest BCUT2D eigenvalue weighted by Crippen LogP contribution is -2.32. The Morgan fingerprint density at radius 1 is 1.10 bits per heavy atom. The topological polar surface area (TPSA) is 58.2 Å². The Kier molecular flexibility index (Phi) is 3.57. The number of nitrogens with one attached hydrogen (secondary N) is 2. The molecule has 2 atom stereocenters. The number of benzene rings is 1. The first-order valence-electron chi connectivity index (χ1n) is 7.00. The number of sulfonamides is 1. The van der Waals surface area contributed by atoms with Crippen LogP contribution >= 0.6 is 12.4 Å². The van der Waals surface area contributed by atoms with Gasteiger partial charge in [0.2, 0.25) is 10.0 Å². The summed E-state index contributed by atoms with van der Waals surface area (Å²) in [5.74, 6) is 1.01. The van der Waals surface area contributed by atoms with E-state index in [1.807, 2.05) is 12.1 Å². The smallest absolute Gasteiger partial charge is 0.240 e. The quantitative estimate of drug-likeness (QED) is 0.878. The van der Waals surface area contributed by atoms with E-state index in [0.717, 1.165) is 32.4 Å². The first kappa shape index (κ1) is 14.3. The molecule has 2 aliphatic carbocycles. The Hall–Kier alpha value is -0.620. The van der Waals surface area contributed by atoms with E-state index in [2.05, 4.69) is 10.0 Å². The van der Waals surface area contributed by atoms with Crippen LogP contribution in [0.15, 0.2) is 23.1 Å². The Labute approximate surface area is 125 Å². The van der Waals surface area contributed by atoms with Gasteiger partial charge in [-0.1, -0.05) is 6.07 Å². The number of hydrogen-bond donors (Lipinski definition) is 2. The van der Waals surface area contributed by atoms with Gasteiger partial charge in [0.05, 0.1) is 4.90 Å². The number of aryl methyl sites for hydroxylation is 2. The maximum Gasteiger partial charge on any atom is 0.240 e. The van der Waals surface area contributed by atoms with E-state index >= 15 is 0 Å². The molecule has 4 nitrogen and oxygen atoms in total. The second-order valence-corrected chi connectivity index (χ2v) is 7.63. The minimum atomic E-state index is -3.34. The van der Waals surface area contributed by atoms with Crippen LogP contribution in [0.25, 0.3) is 0 Å². The van der Waals surface area contributed by atoms with Crippen molar-refractivity contribution in [3.63, 3.8) is 0 Å². The number of rotatable bonds is 3. The third-order valence-electron chi connectivity index (χ3n) is 4.76. The number of piperidine rings is 1. The van der Waals surface area contributed by atoms with Gasteiger partial charge in [0, 0.05) is 6.04 Å². The van der Waals surface area contributed by atoms with Crippen molar-refractivity contribution >= 4 is 22.4 Å². The average Bonchev–Trinajstić information content (AvgIpc) is 2.85. The van der Waals surface area contributed by atoms with Crippen LogP contribution in [0.5, 0.6) is 0 Å². The second kappa shape index (κ2) is 4.98. The van der Waals surface area contributed by atoms with Crippen LogP contribution in [0, 0.1) is 11.8 Å². The molecule has 3 aliphatic rings. The predicted molar refractivity (Wildman–Crippen MR) is 79.7 cm³/mol. The zero-order valence-corrected chi connectivity index (χ0v) is 12.8. The second-order valence-electron chi connectivity index (χ2n) is 5.92. The molecule has 2 fully saturated rings. The molecule has 20 heavy (non-hydrogen) atoms. The minimum absolute atomic E-state index is 0. The molecular formula is C14H19ClN2O2S. The van der Waals surface area contributed by atoms with Crippen molar-refractivity contribution in [2.24, 2.45) is 11.8 Å². The molecule has 1 saturated heterocycles. The van der Waals surface area contributed by atoms with Crippen LogP contribution in [-0.4, -0.2) is 27.5 Å². The Morgan fingerprint density at radius 2 is 1.80 bits per heavy atom. The van der Waals surface area contributed by atoms with Crippen molar-refractivity contribution in [2.45, 2.75) is 30.2 Å². The van der Waals surface area contributed by atoms with Crippen LogP contribution < -0.4 is 10.0 Å². The molecule has 1 heterocycles. The van der Waals surface area contributed by atoms with Gasteiger partial charge < -0.3 is 5.32 Å². The SMILES string of the molecule is Cl.O=S(=O)(NC1C2CNCC21)c1ccc2c(c1)CCC2. The molecule has 4 rings (SSSR count). The van der Waals surface area contributed by atoms with Crippen molar-refractivity contribution in [2.75, 3.05) is 13.1 Å². The fraction of sp³-hybridized carbons (Fsp3) is 0.571. The average molecular weight is 315 g/mol.